The third kappa shape index (κ3) is 2.07. The highest BCUT2D eigenvalue weighted by molar-refractivity contribution is 9.10. The molecule has 0 N–H and O–H groups in total. The molecule has 15 heavy (non-hydrogen) atoms. The maximum atomic E-state index is 11.7. The van der Waals surface area contributed by atoms with Crippen LogP contribution in [0.25, 0.3) is 10.9 Å². The van der Waals surface area contributed by atoms with Gasteiger partial charge in [-0.3, -0.25) is 9.78 Å². The fourth-order valence-electron chi connectivity index (χ4n) is 1.46. The minimum atomic E-state index is -0.147. The molecule has 0 aliphatic heterocycles. The number of rotatable bonds is 2. The van der Waals surface area contributed by atoms with Crippen LogP contribution < -0.4 is 0 Å². The van der Waals surface area contributed by atoms with Gasteiger partial charge in [0.1, 0.15) is 0 Å². The summed E-state index contributed by atoms with van der Waals surface area (Å²) in [5, 5.41) is 0.997. The van der Waals surface area contributed by atoms with Gasteiger partial charge in [-0.15, -0.1) is 0 Å². The van der Waals surface area contributed by atoms with Crippen molar-refractivity contribution in [2.24, 2.45) is 0 Å². The largest absolute Gasteiger partial charge is 0.293 e. The van der Waals surface area contributed by atoms with Gasteiger partial charge in [0, 0.05) is 17.1 Å². The van der Waals surface area contributed by atoms with E-state index in [9.17, 15) is 4.79 Å². The number of halogens is 1. The van der Waals surface area contributed by atoms with Crippen LogP contribution in [0, 0.1) is 0 Å². The third-order valence-electron chi connectivity index (χ3n) is 2.25. The molecule has 1 aromatic heterocycles. The minimum absolute atomic E-state index is 0.0979. The molecule has 0 aliphatic rings. The minimum Gasteiger partial charge on any atom is -0.293 e. The van der Waals surface area contributed by atoms with Crippen LogP contribution in [0.15, 0.2) is 36.5 Å². The van der Waals surface area contributed by atoms with Gasteiger partial charge in [-0.1, -0.05) is 22.0 Å². The standard InChI is InChI=1S/C12H10BrNO/c1-8(13)12(15)10-4-5-11-9(7-10)3-2-6-14-11/h2-8H,1H3/t8-/m1/s1. The molecule has 0 saturated heterocycles. The molecule has 0 radical (unpaired) electrons. The average Bonchev–Trinajstić information content (AvgIpc) is 2.27. The van der Waals surface area contributed by atoms with Crippen LogP contribution in [0.1, 0.15) is 17.3 Å². The number of nitrogens with zero attached hydrogens (tertiary/aromatic N) is 1. The van der Waals surface area contributed by atoms with Crippen molar-refractivity contribution < 1.29 is 4.79 Å². The number of hydrogen-bond donors (Lipinski definition) is 0. The molecule has 1 heterocycles. The van der Waals surface area contributed by atoms with E-state index in [0.717, 1.165) is 16.5 Å². The molecule has 0 aliphatic carbocycles. The maximum absolute atomic E-state index is 11.7. The van der Waals surface area contributed by atoms with Crippen molar-refractivity contribution >= 4 is 32.6 Å². The van der Waals surface area contributed by atoms with E-state index in [1.807, 2.05) is 37.3 Å². The number of Topliss-reactive ketones (excluding diaryl/α,β-unsaturated/α-hetero) is 1. The highest BCUT2D eigenvalue weighted by Gasteiger charge is 2.11. The Morgan fingerprint density at radius 1 is 1.40 bits per heavy atom. The molecular formula is C12H10BrNO. The summed E-state index contributed by atoms with van der Waals surface area (Å²) in [4.78, 5) is 15.8. The first-order valence-corrected chi connectivity index (χ1v) is 5.63. The van der Waals surface area contributed by atoms with Gasteiger partial charge in [-0.05, 0) is 31.2 Å². The number of aromatic nitrogens is 1. The Kier molecular flexibility index (Phi) is 2.82. The van der Waals surface area contributed by atoms with Crippen LogP contribution in [-0.4, -0.2) is 15.6 Å². The second kappa shape index (κ2) is 4.11. The molecule has 0 amide bonds. The fourth-order valence-corrected chi connectivity index (χ4v) is 1.72. The van der Waals surface area contributed by atoms with Gasteiger partial charge in [-0.25, -0.2) is 0 Å². The third-order valence-corrected chi connectivity index (χ3v) is 2.66. The van der Waals surface area contributed by atoms with Gasteiger partial charge in [0.25, 0.3) is 0 Å². The van der Waals surface area contributed by atoms with Crippen LogP contribution in [0.5, 0.6) is 0 Å². The van der Waals surface area contributed by atoms with Crippen molar-refractivity contribution in [3.63, 3.8) is 0 Å². The van der Waals surface area contributed by atoms with Gasteiger partial charge >= 0.3 is 0 Å². The zero-order chi connectivity index (χ0) is 10.8. The molecule has 2 rings (SSSR count). The van der Waals surface area contributed by atoms with E-state index in [0.29, 0.717) is 0 Å². The predicted molar refractivity (Wildman–Crippen MR) is 64.5 cm³/mol. The summed E-state index contributed by atoms with van der Waals surface area (Å²) < 4.78 is 0. The lowest BCUT2D eigenvalue weighted by molar-refractivity contribution is 0.0996. The number of carbonyl (C=O) groups excluding carboxylic acids is 1. The van der Waals surface area contributed by atoms with Gasteiger partial charge in [0.2, 0.25) is 0 Å². The molecule has 2 nitrogen and oxygen atoms in total. The fraction of sp³-hybridized carbons (Fsp3) is 0.167. The molecule has 3 heteroatoms. The molecule has 1 aromatic carbocycles. The lowest BCUT2D eigenvalue weighted by Gasteiger charge is -2.03. The lowest BCUT2D eigenvalue weighted by Crippen LogP contribution is -2.09. The van der Waals surface area contributed by atoms with Crippen molar-refractivity contribution in [3.8, 4) is 0 Å². The van der Waals surface area contributed by atoms with E-state index >= 15 is 0 Å². The summed E-state index contributed by atoms with van der Waals surface area (Å²) in [6, 6.07) is 9.39. The number of alkyl halides is 1. The van der Waals surface area contributed by atoms with Gasteiger partial charge in [0.05, 0.1) is 10.3 Å². The molecule has 0 fully saturated rings. The summed E-state index contributed by atoms with van der Waals surface area (Å²) in [6.45, 7) is 1.83. The first-order chi connectivity index (χ1) is 7.18. The molecule has 0 spiro atoms. The molecule has 0 unspecified atom stereocenters. The molecule has 0 saturated carbocycles. The van der Waals surface area contributed by atoms with E-state index in [1.54, 1.807) is 6.20 Å². The number of pyridine rings is 1. The monoisotopic (exact) mass is 263 g/mol. The zero-order valence-corrected chi connectivity index (χ0v) is 9.86. The lowest BCUT2D eigenvalue weighted by atomic mass is 10.1. The maximum Gasteiger partial charge on any atom is 0.176 e. The smallest absolute Gasteiger partial charge is 0.176 e. The summed E-state index contributed by atoms with van der Waals surface area (Å²) in [5.74, 6) is 0.0979. The van der Waals surface area contributed by atoms with E-state index in [4.69, 9.17) is 0 Å². The van der Waals surface area contributed by atoms with Gasteiger partial charge in [-0.2, -0.15) is 0 Å². The number of ketones is 1. The first-order valence-electron chi connectivity index (χ1n) is 4.71. The summed E-state index contributed by atoms with van der Waals surface area (Å²) in [7, 11) is 0. The van der Waals surface area contributed by atoms with E-state index in [2.05, 4.69) is 20.9 Å². The molecule has 2 aromatic rings. The number of fused-ring (bicyclic) bond motifs is 1. The van der Waals surface area contributed by atoms with Crippen molar-refractivity contribution in [3.05, 3.63) is 42.1 Å². The Bertz CT molecular complexity index is 508. The zero-order valence-electron chi connectivity index (χ0n) is 8.27. The molecule has 0 bridgehead atoms. The van der Waals surface area contributed by atoms with E-state index in [-0.39, 0.29) is 10.6 Å². The highest BCUT2D eigenvalue weighted by atomic mass is 79.9. The Hall–Kier alpha value is -1.22. The highest BCUT2D eigenvalue weighted by Crippen LogP contribution is 2.16. The molecular weight excluding hydrogens is 254 g/mol. The quantitative estimate of drug-likeness (QED) is 0.615. The number of benzene rings is 1. The Labute approximate surface area is 96.5 Å². The van der Waals surface area contributed by atoms with Gasteiger partial charge in [0.15, 0.2) is 5.78 Å². The second-order valence-electron chi connectivity index (χ2n) is 3.39. The first kappa shape index (κ1) is 10.3. The SMILES string of the molecule is C[C@@H](Br)C(=O)c1ccc2ncccc2c1. The molecule has 76 valence electrons. The topological polar surface area (TPSA) is 30.0 Å². The van der Waals surface area contributed by atoms with Gasteiger partial charge < -0.3 is 0 Å². The van der Waals surface area contributed by atoms with Crippen LogP contribution in [-0.2, 0) is 0 Å². The predicted octanol–water partition coefficient (Wildman–Crippen LogP) is 3.20. The van der Waals surface area contributed by atoms with Crippen molar-refractivity contribution in [1.82, 2.24) is 4.98 Å². The summed E-state index contributed by atoms with van der Waals surface area (Å²) in [6.07, 6.45) is 1.75. The van der Waals surface area contributed by atoms with Crippen LogP contribution in [0.2, 0.25) is 0 Å². The van der Waals surface area contributed by atoms with Crippen molar-refractivity contribution in [2.45, 2.75) is 11.8 Å². The summed E-state index contributed by atoms with van der Waals surface area (Å²) >= 11 is 3.28. The van der Waals surface area contributed by atoms with Crippen molar-refractivity contribution in [1.29, 1.82) is 0 Å². The Morgan fingerprint density at radius 2 is 2.20 bits per heavy atom. The van der Waals surface area contributed by atoms with Crippen LogP contribution >= 0.6 is 15.9 Å². The summed E-state index contributed by atoms with van der Waals surface area (Å²) in [5.41, 5.74) is 1.64. The second-order valence-corrected chi connectivity index (χ2v) is 4.76. The van der Waals surface area contributed by atoms with Crippen LogP contribution in [0.4, 0.5) is 0 Å². The molecule has 1 atom stereocenters. The number of hydrogen-bond acceptors (Lipinski definition) is 2. The average molecular weight is 264 g/mol. The van der Waals surface area contributed by atoms with E-state index in [1.165, 1.54) is 0 Å². The van der Waals surface area contributed by atoms with E-state index < -0.39 is 0 Å². The number of carbonyl (C=O) groups is 1. The Morgan fingerprint density at radius 3 is 2.93 bits per heavy atom. The normalized spacial score (nSPS) is 12.7. The van der Waals surface area contributed by atoms with Crippen LogP contribution in [0.3, 0.4) is 0 Å². The van der Waals surface area contributed by atoms with Crippen molar-refractivity contribution in [2.75, 3.05) is 0 Å². The Balaban J connectivity index is 2.52.